The first-order chi connectivity index (χ1) is 57.8. The molecule has 0 N–H and O–H groups in total. The summed E-state index contributed by atoms with van der Waals surface area (Å²) in [5.74, 6) is 0. The highest BCUT2D eigenvalue weighted by molar-refractivity contribution is 7.00. The number of fused-ring (bicyclic) bond motifs is 10. The molecule has 5 heteroatoms. The van der Waals surface area contributed by atoms with Crippen molar-refractivity contribution in [2.75, 3.05) is 9.80 Å². The van der Waals surface area contributed by atoms with E-state index >= 15 is 0 Å². The van der Waals surface area contributed by atoms with Gasteiger partial charge in [0.15, 0.2) is 0 Å². The molecule has 4 nitrogen and oxygen atoms in total. The molecule has 15 aromatic carbocycles. The molecule has 2 aliphatic rings. The first kappa shape index (κ1) is 51.7. The molecule has 0 radical (unpaired) electrons. The first-order valence-electron chi connectivity index (χ1n) is 43.7. The number of benzene rings is 15. The Kier molecular flexibility index (Phi) is 12.1. The van der Waals surface area contributed by atoms with Crippen molar-refractivity contribution in [2.45, 2.75) is 78.6 Å². The Morgan fingerprint density at radius 2 is 0.598 bits per heavy atom. The third-order valence-corrected chi connectivity index (χ3v) is 21.6. The van der Waals surface area contributed by atoms with Gasteiger partial charge in [0.1, 0.15) is 0 Å². The monoisotopic (exact) mass is 1390 g/mol. The summed E-state index contributed by atoms with van der Waals surface area (Å²) in [7, 11) is 0. The average Bonchev–Trinajstić information content (AvgIpc) is 1.57. The zero-order chi connectivity index (χ0) is 84.8. The van der Waals surface area contributed by atoms with Gasteiger partial charge in [-0.05, 0) is 185 Å². The molecule has 514 valence electrons. The van der Waals surface area contributed by atoms with Crippen LogP contribution in [0.5, 0.6) is 0 Å². The van der Waals surface area contributed by atoms with Gasteiger partial charge in [0, 0.05) is 77.9 Å². The van der Waals surface area contributed by atoms with Gasteiger partial charge in [0.25, 0.3) is 6.71 Å². The minimum absolute atomic E-state index is 0.00534. The third-order valence-electron chi connectivity index (χ3n) is 21.6. The lowest BCUT2D eigenvalue weighted by Crippen LogP contribution is -2.61. The Bertz CT molecular complexity index is 7080. The van der Waals surface area contributed by atoms with Crippen LogP contribution >= 0.6 is 0 Å². The molecule has 2 aromatic heterocycles. The first-order valence-corrected chi connectivity index (χ1v) is 36.7. The number of para-hydroxylation sites is 2. The lowest BCUT2D eigenvalue weighted by molar-refractivity contribution is 0.590. The van der Waals surface area contributed by atoms with E-state index in [0.717, 1.165) is 100 Å². The van der Waals surface area contributed by atoms with E-state index in [2.05, 4.69) is 230 Å². The highest BCUT2D eigenvalue weighted by atomic mass is 15.2. The molecule has 0 saturated carbocycles. The van der Waals surface area contributed by atoms with Crippen LogP contribution in [0.4, 0.5) is 34.1 Å². The van der Waals surface area contributed by atoms with Crippen LogP contribution in [0.3, 0.4) is 0 Å². The highest BCUT2D eigenvalue weighted by Crippen LogP contribution is 2.56. The van der Waals surface area contributed by atoms with E-state index in [4.69, 9.17) is 0 Å². The van der Waals surface area contributed by atoms with Gasteiger partial charge in [0.2, 0.25) is 0 Å². The zero-order valence-electron chi connectivity index (χ0n) is 75.1. The molecular weight excluding hydrogens is 1290 g/mol. The number of hydrogen-bond donors (Lipinski definition) is 0. The van der Waals surface area contributed by atoms with Crippen LogP contribution in [-0.4, -0.2) is 15.8 Å². The van der Waals surface area contributed by atoms with Crippen molar-refractivity contribution in [3.05, 3.63) is 356 Å². The van der Waals surface area contributed by atoms with E-state index in [9.17, 15) is 19.2 Å². The maximum atomic E-state index is 10.5. The summed E-state index contributed by atoms with van der Waals surface area (Å²) < 4.78 is 142. The smallest absolute Gasteiger partial charge is 0.252 e. The van der Waals surface area contributed by atoms with Crippen molar-refractivity contribution in [1.82, 2.24) is 9.13 Å². The van der Waals surface area contributed by atoms with E-state index in [1.807, 2.05) is 60.7 Å². The van der Waals surface area contributed by atoms with Crippen molar-refractivity contribution in [3.63, 3.8) is 0 Å². The highest BCUT2D eigenvalue weighted by Gasteiger charge is 2.47. The van der Waals surface area contributed by atoms with Gasteiger partial charge in [-0.3, -0.25) is 0 Å². The van der Waals surface area contributed by atoms with E-state index < -0.39 is 65.3 Å². The van der Waals surface area contributed by atoms with Crippen LogP contribution in [-0.2, 0) is 16.2 Å². The van der Waals surface area contributed by atoms with Crippen molar-refractivity contribution in [1.29, 1.82) is 0 Å². The van der Waals surface area contributed by atoms with Crippen LogP contribution in [0, 0.1) is 0 Å². The number of hydrogen-bond acceptors (Lipinski definition) is 2. The summed E-state index contributed by atoms with van der Waals surface area (Å²) in [5.41, 5.74) is 18.3. The molecule has 107 heavy (non-hydrogen) atoms. The second-order valence-electron chi connectivity index (χ2n) is 31.4. The van der Waals surface area contributed by atoms with Gasteiger partial charge in [-0.2, -0.15) is 0 Å². The summed E-state index contributed by atoms with van der Waals surface area (Å²) in [5, 5.41) is 0.178. The lowest BCUT2D eigenvalue weighted by atomic mass is 9.33. The molecule has 0 unspecified atom stereocenters. The van der Waals surface area contributed by atoms with Crippen LogP contribution in [0.15, 0.2) is 339 Å². The van der Waals surface area contributed by atoms with Gasteiger partial charge < -0.3 is 18.9 Å². The van der Waals surface area contributed by atoms with E-state index in [1.54, 1.807) is 45.5 Å². The average molecular weight is 1390 g/mol. The van der Waals surface area contributed by atoms with Gasteiger partial charge in [-0.1, -0.05) is 311 Å². The van der Waals surface area contributed by atoms with Gasteiger partial charge >= 0.3 is 0 Å². The summed E-state index contributed by atoms with van der Waals surface area (Å²) in [6, 6.07) is 80.8. The largest absolute Gasteiger partial charge is 0.310 e. The van der Waals surface area contributed by atoms with Crippen molar-refractivity contribution in [3.8, 4) is 78.1 Å². The van der Waals surface area contributed by atoms with Gasteiger partial charge in [-0.25, -0.2) is 0 Å². The third kappa shape index (κ3) is 11.0. The summed E-state index contributed by atoms with van der Waals surface area (Å²) >= 11 is 0. The van der Waals surface area contributed by atoms with Crippen molar-refractivity contribution >= 4 is 101 Å². The van der Waals surface area contributed by atoms with E-state index in [0.29, 0.717) is 33.9 Å². The molecule has 0 fully saturated rings. The molecule has 0 amide bonds. The fourth-order valence-corrected chi connectivity index (χ4v) is 16.2. The summed E-state index contributed by atoms with van der Waals surface area (Å²) in [6.45, 7) is 19.3. The van der Waals surface area contributed by atoms with Crippen LogP contribution in [0.2, 0.25) is 0 Å². The molecule has 19 rings (SSSR count). The van der Waals surface area contributed by atoms with Crippen LogP contribution < -0.4 is 26.2 Å². The molecule has 0 spiro atoms. The Balaban J connectivity index is 1.03. The predicted molar refractivity (Wildman–Crippen MR) is 458 cm³/mol. The molecule has 0 bridgehead atoms. The summed E-state index contributed by atoms with van der Waals surface area (Å²) in [4.78, 5) is 4.79. The topological polar surface area (TPSA) is 16.3 Å². The Labute approximate surface area is 648 Å². The number of anilines is 6. The van der Waals surface area contributed by atoms with Gasteiger partial charge in [-0.15, -0.1) is 0 Å². The fraction of sp³-hybridized carbons (Fsp3) is 0.118. The summed E-state index contributed by atoms with van der Waals surface area (Å²) in [6.07, 6.45) is 0. The number of nitrogens with zero attached hydrogens (tertiary/aromatic N) is 4. The molecule has 0 saturated heterocycles. The minimum Gasteiger partial charge on any atom is -0.310 e. The minimum atomic E-state index is -0.726. The number of rotatable bonds is 10. The lowest BCUT2D eigenvalue weighted by Gasteiger charge is -2.47. The number of aromatic nitrogens is 2. The zero-order valence-corrected chi connectivity index (χ0v) is 61.1. The quantitative estimate of drug-likeness (QED) is 0.127. The molecule has 2 aliphatic heterocycles. The SMILES string of the molecule is [2H]c1c([2H])c([2H])c2c(c1[2H])c1c([2H])c(-c3ccccc3)c([2H])c([2H])c1n2-c1ccc2c(c1)N(c1c(-c3ccccc3)cc(C(C)(C)C)cc1-c1ccccc1)c1cc(C(C)(C)C)cc3c1B2c1ccc(-n2c4c([2H])c([2H])c([2H])c([2H])c4c4c([2H])c([2H])c(-c5ccccc5)c([2H])c42)cc1N3c1c(-c2ccccc2)cc(C(C)(C)C)cc1-c1ccccc1. The normalized spacial score (nSPS) is 14.7. The van der Waals surface area contributed by atoms with Crippen molar-refractivity contribution in [2.24, 2.45) is 0 Å². The molecule has 17 aromatic rings. The van der Waals surface area contributed by atoms with Crippen molar-refractivity contribution < 1.29 is 19.2 Å². The molecular formula is C102H83BN4. The maximum absolute atomic E-state index is 10.5. The molecule has 0 aliphatic carbocycles. The second-order valence-corrected chi connectivity index (χ2v) is 31.4. The van der Waals surface area contributed by atoms with Crippen LogP contribution in [0.1, 0.15) is 98.2 Å². The second kappa shape index (κ2) is 25.1. The Morgan fingerprint density at radius 1 is 0.271 bits per heavy atom. The standard InChI is InChI=1S/C102H83BN4/c1-100(2,3)74-58-82(68-36-20-12-21-37-68)98(83(59-74)69-38-22-13-23-39-69)106-93-64-77(104-90-47-31-29-45-80(90)86-56-72(49-55-91(86)104)66-32-16-10-17-33-66)50-53-87(93)103-88-54-51-78(105-89-46-30-28-44-79(89)81-52-48-73(57-92(81)105)67-34-18-11-19-35-67)65-94(88)107(96-63-76(102(7,8)9)62-95(106)97(96)103)99-84(70-40-24-14-25-41-70)60-75(101(4,5)6)61-85(99)71-42-26-15-27-43-71/h10-65H,1-9H3/i28D,29D,30D,31D,44D,45D,46D,47D,48D,49D,52D,55D,56D,57D. The Morgan fingerprint density at radius 3 is 1.00 bits per heavy atom. The fourth-order valence-electron chi connectivity index (χ4n) is 16.2. The molecule has 0 atom stereocenters. The van der Waals surface area contributed by atoms with E-state index in [1.165, 1.54) is 0 Å². The molecule has 4 heterocycles. The van der Waals surface area contributed by atoms with Gasteiger partial charge in [0.05, 0.1) is 52.6 Å². The van der Waals surface area contributed by atoms with E-state index in [-0.39, 0.29) is 97.0 Å². The Hall–Kier alpha value is -12.4. The maximum Gasteiger partial charge on any atom is 0.252 e. The predicted octanol–water partition coefficient (Wildman–Crippen LogP) is 25.9. The van der Waals surface area contributed by atoms with Crippen LogP contribution in [0.25, 0.3) is 122 Å².